The van der Waals surface area contributed by atoms with E-state index in [9.17, 15) is 19.5 Å². The topological polar surface area (TPSA) is 125 Å². The summed E-state index contributed by atoms with van der Waals surface area (Å²) in [5, 5.41) is 13.8. The molecule has 0 radical (unpaired) electrons. The lowest BCUT2D eigenvalue weighted by molar-refractivity contribution is -0.160. The van der Waals surface area contributed by atoms with Crippen LogP contribution in [0.15, 0.2) is 85.0 Å². The van der Waals surface area contributed by atoms with Gasteiger partial charge in [-0.1, -0.05) is 104 Å². The standard InChI is InChI=1S/C38H43N3O7/c42-24-28(25-13-5-1-6-14-25)41-34-36(45)40(27-17-9-3-10-18-27)22-12-4-11-19-31(43)39-23-30(26-15-7-2-8-16-26)47-37(46)32-29-20-21-38(34,48-29)33(32)35(41)44/h1-2,4-8,12-16,20-21,27-30,32-34,42H,3,9-11,17-19,22-24H2,(H,39,43)/b12-4-/t28-,29-,30-,32+,33+,34-,38+/m1/s1. The second kappa shape index (κ2) is 13.7. The van der Waals surface area contributed by atoms with Crippen molar-refractivity contribution in [2.24, 2.45) is 11.8 Å². The van der Waals surface area contributed by atoms with E-state index in [1.165, 1.54) is 4.90 Å². The molecule has 3 amide bonds. The molecule has 2 aromatic carbocycles. The summed E-state index contributed by atoms with van der Waals surface area (Å²) < 4.78 is 12.8. The van der Waals surface area contributed by atoms with E-state index in [-0.39, 0.29) is 30.8 Å². The molecule has 0 unspecified atom stereocenters. The van der Waals surface area contributed by atoms with Crippen molar-refractivity contribution in [3.05, 3.63) is 96.1 Å². The monoisotopic (exact) mass is 653 g/mol. The van der Waals surface area contributed by atoms with Crippen LogP contribution < -0.4 is 5.32 Å². The summed E-state index contributed by atoms with van der Waals surface area (Å²) in [6, 6.07) is 16.4. The van der Waals surface area contributed by atoms with Gasteiger partial charge in [-0.15, -0.1) is 0 Å². The van der Waals surface area contributed by atoms with Gasteiger partial charge < -0.3 is 29.7 Å². The Labute approximate surface area is 280 Å². The molecule has 252 valence electrons. The van der Waals surface area contributed by atoms with Crippen molar-refractivity contribution >= 4 is 23.7 Å². The first-order chi connectivity index (χ1) is 23.4. The first-order valence-corrected chi connectivity index (χ1v) is 17.3. The third kappa shape index (κ3) is 5.75. The zero-order valence-corrected chi connectivity index (χ0v) is 27.0. The number of likely N-dealkylation sites (tertiary alicyclic amines) is 1. The zero-order chi connectivity index (χ0) is 33.3. The van der Waals surface area contributed by atoms with Gasteiger partial charge in [0.1, 0.15) is 23.7 Å². The van der Waals surface area contributed by atoms with Crippen LogP contribution in [0.1, 0.15) is 68.2 Å². The Balaban J connectivity index is 1.33. The van der Waals surface area contributed by atoms with Crippen molar-refractivity contribution in [2.45, 2.75) is 80.9 Å². The molecule has 2 aromatic rings. The van der Waals surface area contributed by atoms with Crippen LogP contribution in [0.5, 0.6) is 0 Å². The second-order valence-electron chi connectivity index (χ2n) is 13.5. The number of aliphatic hydroxyl groups excluding tert-OH is 1. The number of aliphatic hydroxyl groups is 1. The average molecular weight is 654 g/mol. The minimum Gasteiger partial charge on any atom is -0.455 e. The number of carbonyl (C=O) groups excluding carboxylic acids is 4. The van der Waals surface area contributed by atoms with Gasteiger partial charge in [-0.25, -0.2) is 0 Å². The number of amides is 3. The Morgan fingerprint density at radius 2 is 1.65 bits per heavy atom. The lowest BCUT2D eigenvalue weighted by atomic mass is 9.74. The number of benzene rings is 2. The summed E-state index contributed by atoms with van der Waals surface area (Å²) in [6.45, 7) is -0.0304. The zero-order valence-electron chi connectivity index (χ0n) is 27.0. The minimum absolute atomic E-state index is 0.0343. The maximum absolute atomic E-state index is 15.1. The lowest BCUT2D eigenvalue weighted by Crippen LogP contribution is -2.58. The summed E-state index contributed by atoms with van der Waals surface area (Å²) in [5.74, 6) is -3.53. The van der Waals surface area contributed by atoms with Crippen LogP contribution in [-0.4, -0.2) is 82.1 Å². The number of nitrogens with one attached hydrogen (secondary N) is 1. The molecule has 10 heteroatoms. The molecule has 1 saturated carbocycles. The average Bonchev–Trinajstić information content (AvgIpc) is 3.76. The van der Waals surface area contributed by atoms with Gasteiger partial charge >= 0.3 is 5.97 Å². The normalized spacial score (nSPS) is 32.6. The highest BCUT2D eigenvalue weighted by molar-refractivity contribution is 5.99. The van der Waals surface area contributed by atoms with Crippen molar-refractivity contribution in [3.63, 3.8) is 0 Å². The predicted octanol–water partition coefficient (Wildman–Crippen LogP) is 3.78. The summed E-state index contributed by atoms with van der Waals surface area (Å²) in [7, 11) is 0. The molecular formula is C38H43N3O7. The molecule has 1 spiro atoms. The van der Waals surface area contributed by atoms with Crippen molar-refractivity contribution in [1.82, 2.24) is 15.1 Å². The van der Waals surface area contributed by atoms with Crippen LogP contribution in [0, 0.1) is 11.8 Å². The largest absolute Gasteiger partial charge is 0.455 e. The number of cyclic esters (lactones) is 1. The smallest absolute Gasteiger partial charge is 0.313 e. The maximum Gasteiger partial charge on any atom is 0.313 e. The fourth-order valence-electron chi connectivity index (χ4n) is 8.42. The third-order valence-corrected chi connectivity index (χ3v) is 10.7. The van der Waals surface area contributed by atoms with Crippen molar-refractivity contribution in [2.75, 3.05) is 19.7 Å². The van der Waals surface area contributed by atoms with Crippen LogP contribution in [0.4, 0.5) is 0 Å². The van der Waals surface area contributed by atoms with Gasteiger partial charge in [0, 0.05) is 19.0 Å². The molecular weight excluding hydrogens is 610 g/mol. The number of carbonyl (C=O) groups is 4. The van der Waals surface area contributed by atoms with Gasteiger partial charge in [0.2, 0.25) is 17.7 Å². The molecule has 1 aliphatic carbocycles. The molecule has 10 nitrogen and oxygen atoms in total. The maximum atomic E-state index is 15.1. The first kappa shape index (κ1) is 32.3. The van der Waals surface area contributed by atoms with E-state index >= 15 is 4.79 Å². The quantitative estimate of drug-likeness (QED) is 0.372. The van der Waals surface area contributed by atoms with Gasteiger partial charge in [0.15, 0.2) is 0 Å². The SMILES string of the molecule is O=C1CC/C=C\CN(C2CCCCC2)C(=O)[C@H]2N([C@H](CO)c3ccccc3)C(=O)[C@@H]3[C@@H](C(=O)O[C@@H](c4ccccc4)CN1)[C@H]1C=C[C@]32O1. The molecule has 4 aliphatic heterocycles. The second-order valence-corrected chi connectivity index (χ2v) is 13.5. The highest BCUT2D eigenvalue weighted by Crippen LogP contribution is 2.57. The van der Waals surface area contributed by atoms with Gasteiger partial charge in [0.05, 0.1) is 31.2 Å². The number of hydrogen-bond acceptors (Lipinski definition) is 7. The van der Waals surface area contributed by atoms with Gasteiger partial charge in [-0.05, 0) is 30.4 Å². The van der Waals surface area contributed by atoms with E-state index in [0.717, 1.165) is 32.1 Å². The summed E-state index contributed by atoms with van der Waals surface area (Å²) in [6.07, 6.45) is 11.4. The van der Waals surface area contributed by atoms with E-state index < -0.39 is 60.2 Å². The Kier molecular flexibility index (Phi) is 9.20. The van der Waals surface area contributed by atoms with E-state index in [1.807, 2.05) is 77.7 Å². The lowest BCUT2D eigenvalue weighted by Gasteiger charge is -2.42. The molecule has 7 rings (SSSR count). The highest BCUT2D eigenvalue weighted by Gasteiger charge is 2.74. The number of esters is 1. The number of ether oxygens (including phenoxy) is 2. The molecule has 7 atom stereocenters. The van der Waals surface area contributed by atoms with E-state index in [2.05, 4.69) is 5.32 Å². The highest BCUT2D eigenvalue weighted by atomic mass is 16.6. The van der Waals surface area contributed by atoms with Crippen LogP contribution in [0.25, 0.3) is 0 Å². The van der Waals surface area contributed by atoms with Crippen LogP contribution in [0.3, 0.4) is 0 Å². The number of nitrogens with zero attached hydrogens (tertiary/aromatic N) is 2. The fraction of sp³-hybridized carbons (Fsp3) is 0.474. The summed E-state index contributed by atoms with van der Waals surface area (Å²) in [4.78, 5) is 60.4. The Morgan fingerprint density at radius 1 is 0.917 bits per heavy atom. The van der Waals surface area contributed by atoms with Gasteiger partial charge in [-0.2, -0.15) is 0 Å². The Hall–Kier alpha value is -4.28. The minimum atomic E-state index is -1.41. The molecule has 3 fully saturated rings. The Bertz CT molecular complexity index is 1570. The molecule has 5 aliphatic rings. The number of hydrogen-bond donors (Lipinski definition) is 2. The molecule has 2 saturated heterocycles. The van der Waals surface area contributed by atoms with Crippen LogP contribution in [-0.2, 0) is 28.7 Å². The van der Waals surface area contributed by atoms with Crippen molar-refractivity contribution in [3.8, 4) is 0 Å². The molecule has 5 bridgehead atoms. The van der Waals surface area contributed by atoms with Crippen LogP contribution >= 0.6 is 0 Å². The van der Waals surface area contributed by atoms with Gasteiger partial charge in [0.25, 0.3) is 0 Å². The molecule has 0 aromatic heterocycles. The van der Waals surface area contributed by atoms with Gasteiger partial charge in [-0.3, -0.25) is 19.2 Å². The molecule has 48 heavy (non-hydrogen) atoms. The van der Waals surface area contributed by atoms with E-state index in [0.29, 0.717) is 24.1 Å². The number of fused-ring (bicyclic) bond motifs is 2. The fourth-order valence-corrected chi connectivity index (χ4v) is 8.42. The Morgan fingerprint density at radius 3 is 2.38 bits per heavy atom. The van der Waals surface area contributed by atoms with E-state index in [1.54, 1.807) is 12.2 Å². The number of allylic oxidation sites excluding steroid dienone is 1. The predicted molar refractivity (Wildman–Crippen MR) is 176 cm³/mol. The molecule has 4 heterocycles. The summed E-state index contributed by atoms with van der Waals surface area (Å²) in [5.41, 5.74) is -0.0178. The molecule has 2 N–H and O–H groups in total. The first-order valence-electron chi connectivity index (χ1n) is 17.3. The summed E-state index contributed by atoms with van der Waals surface area (Å²) >= 11 is 0. The third-order valence-electron chi connectivity index (χ3n) is 10.7. The van der Waals surface area contributed by atoms with E-state index in [4.69, 9.17) is 9.47 Å². The van der Waals surface area contributed by atoms with Crippen molar-refractivity contribution < 1.29 is 33.8 Å². The van der Waals surface area contributed by atoms with Crippen molar-refractivity contribution in [1.29, 1.82) is 0 Å². The van der Waals surface area contributed by atoms with Crippen LogP contribution in [0.2, 0.25) is 0 Å². The number of rotatable bonds is 5.